The average Bonchev–Trinajstić information content (AvgIpc) is 3.13. The Balaban J connectivity index is 1.29. The maximum atomic E-state index is 13.0. The Morgan fingerprint density at radius 2 is 1.74 bits per heavy atom. The zero-order valence-electron chi connectivity index (χ0n) is 13.0. The highest BCUT2D eigenvalue weighted by atomic mass is 19.1. The predicted molar refractivity (Wildman–Crippen MR) is 84.0 cm³/mol. The smallest absolute Gasteiger partial charge is 0.123 e. The van der Waals surface area contributed by atoms with Crippen LogP contribution in [-0.4, -0.2) is 61.8 Å². The van der Waals surface area contributed by atoms with E-state index in [1.165, 1.54) is 12.1 Å². The number of nitrogens with one attached hydrogen (secondary N) is 1. The maximum absolute atomic E-state index is 13.0. The first kappa shape index (κ1) is 15.3. The maximum Gasteiger partial charge on any atom is 0.123 e. The summed E-state index contributed by atoms with van der Waals surface area (Å²) in [4.78, 5) is 2.29. The molecule has 0 amide bonds. The molecule has 3 aliphatic rings. The number of aliphatic hydroxyl groups excluding tert-OH is 1. The van der Waals surface area contributed by atoms with Crippen LogP contribution in [-0.2, 0) is 9.47 Å². The quantitative estimate of drug-likeness (QED) is 0.866. The average molecular weight is 322 g/mol. The molecule has 1 aromatic carbocycles. The van der Waals surface area contributed by atoms with E-state index >= 15 is 0 Å². The van der Waals surface area contributed by atoms with Gasteiger partial charge in [-0.2, -0.15) is 0 Å². The molecule has 1 aromatic rings. The molecule has 3 aliphatic heterocycles. The lowest BCUT2D eigenvalue weighted by Gasteiger charge is -2.35. The molecule has 5 nitrogen and oxygen atoms in total. The van der Waals surface area contributed by atoms with Crippen LogP contribution in [0.1, 0.15) is 12.8 Å². The fourth-order valence-electron chi connectivity index (χ4n) is 3.88. The molecule has 0 radical (unpaired) electrons. The summed E-state index contributed by atoms with van der Waals surface area (Å²) in [5, 5.41) is 13.4. The molecule has 0 bridgehead atoms. The Kier molecular flexibility index (Phi) is 4.24. The molecular formula is C17H23FN2O3. The normalized spacial score (nSPS) is 34.8. The predicted octanol–water partition coefficient (Wildman–Crippen LogP) is 0.911. The Bertz CT molecular complexity index is 533. The van der Waals surface area contributed by atoms with Gasteiger partial charge < -0.3 is 24.8 Å². The summed E-state index contributed by atoms with van der Waals surface area (Å²) in [5.74, 6) is -0.195. The SMILES string of the molecule is O[C@@H]1CO[C@H]2[C@@H]1OC[C@H]2NC1CCN(c2ccc(F)cc2)CC1. The van der Waals surface area contributed by atoms with E-state index in [0.29, 0.717) is 19.3 Å². The molecule has 3 saturated heterocycles. The van der Waals surface area contributed by atoms with Gasteiger partial charge in [0, 0.05) is 24.8 Å². The Labute approximate surface area is 135 Å². The molecule has 23 heavy (non-hydrogen) atoms. The second-order valence-electron chi connectivity index (χ2n) is 6.67. The largest absolute Gasteiger partial charge is 0.388 e. The van der Waals surface area contributed by atoms with E-state index in [0.717, 1.165) is 31.6 Å². The number of ether oxygens (including phenoxy) is 2. The van der Waals surface area contributed by atoms with Gasteiger partial charge in [-0.1, -0.05) is 0 Å². The summed E-state index contributed by atoms with van der Waals surface area (Å²) >= 11 is 0. The number of nitrogens with zero attached hydrogens (tertiary/aromatic N) is 1. The summed E-state index contributed by atoms with van der Waals surface area (Å²) in [6.07, 6.45) is 1.38. The Hall–Kier alpha value is -1.21. The summed E-state index contributed by atoms with van der Waals surface area (Å²) in [7, 11) is 0. The van der Waals surface area contributed by atoms with Gasteiger partial charge in [-0.25, -0.2) is 4.39 Å². The molecule has 0 saturated carbocycles. The highest BCUT2D eigenvalue weighted by Crippen LogP contribution is 2.28. The van der Waals surface area contributed by atoms with Gasteiger partial charge in [0.15, 0.2) is 0 Å². The van der Waals surface area contributed by atoms with Crippen molar-refractivity contribution in [3.05, 3.63) is 30.1 Å². The molecule has 6 heteroatoms. The molecular weight excluding hydrogens is 299 g/mol. The van der Waals surface area contributed by atoms with Gasteiger partial charge in [0.25, 0.3) is 0 Å². The van der Waals surface area contributed by atoms with E-state index in [2.05, 4.69) is 10.2 Å². The standard InChI is InChI=1S/C17H23FN2O3/c18-11-1-3-13(4-2-11)20-7-5-12(6-8-20)19-14-9-22-17-15(21)10-23-16(14)17/h1-4,12,14-17,19,21H,5-10H2/t14-,15-,16-,17-/m1/s1. The number of halogens is 1. The number of hydrogen-bond acceptors (Lipinski definition) is 5. The van der Waals surface area contributed by atoms with Crippen LogP contribution in [0.4, 0.5) is 10.1 Å². The number of aliphatic hydroxyl groups is 1. The van der Waals surface area contributed by atoms with E-state index in [9.17, 15) is 9.50 Å². The van der Waals surface area contributed by atoms with E-state index in [4.69, 9.17) is 9.47 Å². The van der Waals surface area contributed by atoms with Crippen LogP contribution in [0.25, 0.3) is 0 Å². The first-order valence-corrected chi connectivity index (χ1v) is 8.38. The number of rotatable bonds is 3. The Morgan fingerprint density at radius 1 is 1.04 bits per heavy atom. The number of benzene rings is 1. The van der Waals surface area contributed by atoms with Gasteiger partial charge in [0.05, 0.1) is 19.3 Å². The van der Waals surface area contributed by atoms with Crippen molar-refractivity contribution in [3.8, 4) is 0 Å². The molecule has 2 N–H and O–H groups in total. The van der Waals surface area contributed by atoms with Crippen molar-refractivity contribution in [1.82, 2.24) is 5.32 Å². The zero-order valence-corrected chi connectivity index (χ0v) is 13.0. The lowest BCUT2D eigenvalue weighted by atomic mass is 10.0. The van der Waals surface area contributed by atoms with Crippen LogP contribution in [0.5, 0.6) is 0 Å². The van der Waals surface area contributed by atoms with E-state index in [1.807, 2.05) is 12.1 Å². The van der Waals surface area contributed by atoms with Crippen molar-refractivity contribution in [2.45, 2.75) is 43.2 Å². The molecule has 4 atom stereocenters. The third-order valence-corrected chi connectivity index (χ3v) is 5.16. The van der Waals surface area contributed by atoms with Gasteiger partial charge in [0.2, 0.25) is 0 Å². The second-order valence-corrected chi connectivity index (χ2v) is 6.67. The Morgan fingerprint density at radius 3 is 2.48 bits per heavy atom. The molecule has 3 fully saturated rings. The summed E-state index contributed by atoms with van der Waals surface area (Å²) in [6, 6.07) is 7.30. The van der Waals surface area contributed by atoms with E-state index in [1.54, 1.807) is 0 Å². The first-order chi connectivity index (χ1) is 11.2. The molecule has 126 valence electrons. The van der Waals surface area contributed by atoms with Crippen LogP contribution < -0.4 is 10.2 Å². The minimum absolute atomic E-state index is 0.0277. The molecule has 0 aromatic heterocycles. The topological polar surface area (TPSA) is 54.0 Å². The fourth-order valence-corrected chi connectivity index (χ4v) is 3.88. The van der Waals surface area contributed by atoms with E-state index in [-0.39, 0.29) is 24.1 Å². The summed E-state index contributed by atoms with van der Waals surface area (Å²) < 4.78 is 24.3. The molecule has 3 heterocycles. The number of fused-ring (bicyclic) bond motifs is 1. The van der Waals surface area contributed by atoms with Crippen LogP contribution in [0.3, 0.4) is 0 Å². The minimum atomic E-state index is -0.493. The molecule has 4 rings (SSSR count). The van der Waals surface area contributed by atoms with Gasteiger partial charge in [-0.3, -0.25) is 0 Å². The van der Waals surface area contributed by atoms with Crippen molar-refractivity contribution < 1.29 is 19.0 Å². The van der Waals surface area contributed by atoms with E-state index < -0.39 is 6.10 Å². The monoisotopic (exact) mass is 322 g/mol. The van der Waals surface area contributed by atoms with Gasteiger partial charge >= 0.3 is 0 Å². The molecule has 0 spiro atoms. The van der Waals surface area contributed by atoms with Crippen molar-refractivity contribution in [2.75, 3.05) is 31.2 Å². The summed E-state index contributed by atoms with van der Waals surface area (Å²) in [5.41, 5.74) is 1.08. The highest BCUT2D eigenvalue weighted by Gasteiger charge is 2.47. The molecule has 0 aliphatic carbocycles. The third kappa shape index (κ3) is 3.08. The summed E-state index contributed by atoms with van der Waals surface area (Å²) in [6.45, 7) is 2.88. The van der Waals surface area contributed by atoms with Crippen LogP contribution in [0, 0.1) is 5.82 Å². The number of piperidine rings is 1. The third-order valence-electron chi connectivity index (χ3n) is 5.16. The van der Waals surface area contributed by atoms with Crippen LogP contribution >= 0.6 is 0 Å². The van der Waals surface area contributed by atoms with Crippen molar-refractivity contribution in [3.63, 3.8) is 0 Å². The van der Waals surface area contributed by atoms with Gasteiger partial charge in [-0.15, -0.1) is 0 Å². The van der Waals surface area contributed by atoms with Crippen LogP contribution in [0.15, 0.2) is 24.3 Å². The second kappa shape index (κ2) is 6.36. The highest BCUT2D eigenvalue weighted by molar-refractivity contribution is 5.46. The minimum Gasteiger partial charge on any atom is -0.388 e. The van der Waals surface area contributed by atoms with Crippen molar-refractivity contribution >= 4 is 5.69 Å². The lowest BCUT2D eigenvalue weighted by molar-refractivity contribution is 0.0176. The zero-order chi connectivity index (χ0) is 15.8. The van der Waals surface area contributed by atoms with Crippen molar-refractivity contribution in [1.29, 1.82) is 0 Å². The van der Waals surface area contributed by atoms with Gasteiger partial charge in [-0.05, 0) is 37.1 Å². The fraction of sp³-hybridized carbons (Fsp3) is 0.647. The number of hydrogen-bond donors (Lipinski definition) is 2. The van der Waals surface area contributed by atoms with Gasteiger partial charge in [0.1, 0.15) is 24.1 Å². The van der Waals surface area contributed by atoms with Crippen molar-refractivity contribution in [2.24, 2.45) is 0 Å². The first-order valence-electron chi connectivity index (χ1n) is 8.38. The number of anilines is 1. The molecule has 0 unspecified atom stereocenters. The lowest BCUT2D eigenvalue weighted by Crippen LogP contribution is -2.50. The van der Waals surface area contributed by atoms with Crippen LogP contribution in [0.2, 0.25) is 0 Å².